The second-order valence-corrected chi connectivity index (χ2v) is 12.9. The number of likely N-dealkylation sites (tertiary alicyclic amines) is 2. The average Bonchev–Trinajstić information content (AvgIpc) is 3.50. The Balaban J connectivity index is 0.000000794. The predicted octanol–water partition coefficient (Wildman–Crippen LogP) is 5.96. The Kier molecular flexibility index (Phi) is 13.8. The lowest BCUT2D eigenvalue weighted by Gasteiger charge is -2.28. The number of aromatic hydroxyl groups is 2. The molecule has 1 atom stereocenters. The van der Waals surface area contributed by atoms with Crippen molar-refractivity contribution in [3.05, 3.63) is 94.5 Å². The molecule has 2 heterocycles. The van der Waals surface area contributed by atoms with Crippen molar-refractivity contribution in [2.24, 2.45) is 0 Å². The second-order valence-electron chi connectivity index (χ2n) is 12.9. The maximum atomic E-state index is 13.3. The molecule has 10 heteroatoms. The lowest BCUT2D eigenvalue weighted by Crippen LogP contribution is -2.37. The van der Waals surface area contributed by atoms with Crippen LogP contribution in [-0.4, -0.2) is 80.3 Å². The molecule has 0 aromatic heterocycles. The van der Waals surface area contributed by atoms with Crippen LogP contribution in [0.4, 0.5) is 0 Å². The number of phenolic OH excluding ortho intramolecular Hbond substituents is 2. The number of phenols is 2. The number of hydrogen-bond donors (Lipinski definition) is 5. The van der Waals surface area contributed by atoms with Gasteiger partial charge in [0.05, 0.1) is 0 Å². The molecule has 2 fully saturated rings. The van der Waals surface area contributed by atoms with E-state index < -0.39 is 11.9 Å². The summed E-state index contributed by atoms with van der Waals surface area (Å²) >= 11 is 0. The van der Waals surface area contributed by atoms with Gasteiger partial charge in [-0.1, -0.05) is 68.1 Å². The van der Waals surface area contributed by atoms with Crippen LogP contribution in [0, 0.1) is 0 Å². The fourth-order valence-corrected chi connectivity index (χ4v) is 6.65. The van der Waals surface area contributed by atoms with Gasteiger partial charge in [0.15, 0.2) is 0 Å². The standard InChI is InChI=1S/C36H47N3O3.C2H2O4/c1-27(37-36(42)28-13-7-6-8-14-28)35(29-15-17-33(40)31(23-29)25-38-19-9-2-3-10-20-38)30-16-18-34(41)32(24-30)26-39-21-11-4-5-12-22-39;3-1(4)2(5)6/h6-8,13-18,23-24,27,35,40-41H,2-5,9-12,19-22,25-26H2,1H3,(H,37,42);(H,3,4)(H,5,6). The first kappa shape index (κ1) is 36.4. The van der Waals surface area contributed by atoms with Gasteiger partial charge in [0.2, 0.25) is 0 Å². The number of rotatable bonds is 9. The van der Waals surface area contributed by atoms with E-state index in [0.717, 1.165) is 48.4 Å². The quantitative estimate of drug-likeness (QED) is 0.176. The minimum absolute atomic E-state index is 0.111. The molecule has 258 valence electrons. The van der Waals surface area contributed by atoms with Crippen molar-refractivity contribution in [1.29, 1.82) is 0 Å². The van der Waals surface area contributed by atoms with Gasteiger partial charge in [-0.3, -0.25) is 14.6 Å². The number of hydrogen-bond acceptors (Lipinski definition) is 7. The van der Waals surface area contributed by atoms with Crippen molar-refractivity contribution >= 4 is 17.8 Å². The molecular weight excluding hydrogens is 610 g/mol. The molecule has 5 rings (SSSR count). The topological polar surface area (TPSA) is 151 Å². The van der Waals surface area contributed by atoms with Crippen molar-refractivity contribution in [1.82, 2.24) is 15.1 Å². The highest BCUT2D eigenvalue weighted by Gasteiger charge is 2.26. The summed E-state index contributed by atoms with van der Waals surface area (Å²) in [5, 5.41) is 39.8. The van der Waals surface area contributed by atoms with Gasteiger partial charge in [-0.25, -0.2) is 9.59 Å². The number of nitrogens with one attached hydrogen (secondary N) is 1. The van der Waals surface area contributed by atoms with Crippen LogP contribution in [0.25, 0.3) is 0 Å². The second kappa shape index (κ2) is 18.2. The number of carbonyl (C=O) groups excluding carboxylic acids is 1. The van der Waals surface area contributed by atoms with E-state index in [0.29, 0.717) is 30.2 Å². The highest BCUT2D eigenvalue weighted by Crippen LogP contribution is 2.35. The monoisotopic (exact) mass is 659 g/mol. The zero-order chi connectivity index (χ0) is 34.5. The Morgan fingerprint density at radius 1 is 0.646 bits per heavy atom. The minimum Gasteiger partial charge on any atom is -0.508 e. The summed E-state index contributed by atoms with van der Waals surface area (Å²) in [5.74, 6) is -3.29. The number of aliphatic carboxylic acids is 2. The number of carbonyl (C=O) groups is 3. The lowest BCUT2D eigenvalue weighted by atomic mass is 9.84. The molecule has 0 spiro atoms. The van der Waals surface area contributed by atoms with Gasteiger partial charge in [-0.05, 0) is 94.2 Å². The number of benzene rings is 3. The summed E-state index contributed by atoms with van der Waals surface area (Å²) in [7, 11) is 0. The van der Waals surface area contributed by atoms with Gasteiger partial charge >= 0.3 is 11.9 Å². The molecule has 0 bridgehead atoms. The summed E-state index contributed by atoms with van der Waals surface area (Å²) < 4.78 is 0. The van der Waals surface area contributed by atoms with Gasteiger partial charge in [-0.2, -0.15) is 0 Å². The minimum atomic E-state index is -1.82. The van der Waals surface area contributed by atoms with Gasteiger partial charge in [0.1, 0.15) is 11.5 Å². The van der Waals surface area contributed by atoms with Gasteiger partial charge in [0, 0.05) is 41.7 Å². The smallest absolute Gasteiger partial charge is 0.414 e. The molecule has 2 aliphatic rings. The Labute approximate surface area is 283 Å². The molecule has 5 N–H and O–H groups in total. The molecule has 1 amide bonds. The summed E-state index contributed by atoms with van der Waals surface area (Å²) in [6.45, 7) is 7.68. The Hall–Kier alpha value is -4.41. The molecule has 0 saturated carbocycles. The predicted molar refractivity (Wildman–Crippen MR) is 184 cm³/mol. The van der Waals surface area contributed by atoms with Crippen molar-refractivity contribution in [2.45, 2.75) is 83.3 Å². The maximum Gasteiger partial charge on any atom is 0.414 e. The van der Waals surface area contributed by atoms with E-state index in [1.54, 1.807) is 12.1 Å². The molecule has 2 saturated heterocycles. The van der Waals surface area contributed by atoms with Crippen LogP contribution < -0.4 is 5.32 Å². The normalized spacial score (nSPS) is 16.5. The first-order valence-electron chi connectivity index (χ1n) is 17.0. The fourth-order valence-electron chi connectivity index (χ4n) is 6.65. The van der Waals surface area contributed by atoms with E-state index in [-0.39, 0.29) is 17.9 Å². The molecule has 1 unspecified atom stereocenters. The summed E-state index contributed by atoms with van der Waals surface area (Å²) in [4.78, 5) is 36.3. The van der Waals surface area contributed by atoms with Gasteiger partial charge in [0.25, 0.3) is 5.91 Å². The van der Waals surface area contributed by atoms with Crippen LogP contribution in [0.15, 0.2) is 66.7 Å². The highest BCUT2D eigenvalue weighted by atomic mass is 16.4. The zero-order valence-corrected chi connectivity index (χ0v) is 27.8. The van der Waals surface area contributed by atoms with Crippen LogP contribution in [0.2, 0.25) is 0 Å². The van der Waals surface area contributed by atoms with Crippen LogP contribution in [0.1, 0.15) is 96.8 Å². The van der Waals surface area contributed by atoms with Gasteiger partial charge < -0.3 is 25.7 Å². The first-order chi connectivity index (χ1) is 23.1. The molecule has 3 aromatic rings. The zero-order valence-electron chi connectivity index (χ0n) is 27.8. The molecule has 0 radical (unpaired) electrons. The third-order valence-corrected chi connectivity index (χ3v) is 9.19. The van der Waals surface area contributed by atoms with Crippen LogP contribution in [-0.2, 0) is 22.7 Å². The molecule has 10 nitrogen and oxygen atoms in total. The Morgan fingerprint density at radius 3 is 1.46 bits per heavy atom. The van der Waals surface area contributed by atoms with Crippen molar-refractivity contribution in [2.75, 3.05) is 26.2 Å². The summed E-state index contributed by atoms with van der Waals surface area (Å²) in [5.41, 5.74) is 4.56. The number of nitrogens with zero attached hydrogens (tertiary/aromatic N) is 2. The van der Waals surface area contributed by atoms with Crippen LogP contribution >= 0.6 is 0 Å². The van der Waals surface area contributed by atoms with E-state index in [2.05, 4.69) is 27.2 Å². The number of carboxylic acid groups (broad SMARTS) is 2. The molecule has 2 aliphatic heterocycles. The van der Waals surface area contributed by atoms with E-state index in [1.807, 2.05) is 49.4 Å². The van der Waals surface area contributed by atoms with Gasteiger partial charge in [-0.15, -0.1) is 0 Å². The lowest BCUT2D eigenvalue weighted by molar-refractivity contribution is -0.159. The Bertz CT molecular complexity index is 1410. The van der Waals surface area contributed by atoms with E-state index in [4.69, 9.17) is 19.8 Å². The van der Waals surface area contributed by atoms with Crippen molar-refractivity contribution in [3.8, 4) is 11.5 Å². The molecular formula is C38H49N3O7. The van der Waals surface area contributed by atoms with Crippen LogP contribution in [0.5, 0.6) is 11.5 Å². The summed E-state index contributed by atoms with van der Waals surface area (Å²) in [6, 6.07) is 20.9. The third-order valence-electron chi connectivity index (χ3n) is 9.19. The van der Waals surface area contributed by atoms with Crippen molar-refractivity contribution < 1.29 is 34.8 Å². The number of amides is 1. The van der Waals surface area contributed by atoms with E-state index in [1.165, 1.54) is 51.4 Å². The number of carboxylic acids is 2. The molecule has 48 heavy (non-hydrogen) atoms. The SMILES string of the molecule is CC(NC(=O)c1ccccc1)C(c1ccc(O)c(CN2CCCCCC2)c1)c1ccc(O)c(CN2CCCCCC2)c1.O=C(O)C(=O)O. The van der Waals surface area contributed by atoms with Crippen LogP contribution in [0.3, 0.4) is 0 Å². The molecule has 3 aromatic carbocycles. The maximum absolute atomic E-state index is 13.3. The average molecular weight is 660 g/mol. The summed E-state index contributed by atoms with van der Waals surface area (Å²) in [6.07, 6.45) is 9.84. The first-order valence-corrected chi connectivity index (χ1v) is 17.0. The largest absolute Gasteiger partial charge is 0.508 e. The van der Waals surface area contributed by atoms with E-state index in [9.17, 15) is 15.0 Å². The highest BCUT2D eigenvalue weighted by molar-refractivity contribution is 6.27. The van der Waals surface area contributed by atoms with E-state index >= 15 is 0 Å². The molecule has 0 aliphatic carbocycles. The van der Waals surface area contributed by atoms with Crippen molar-refractivity contribution in [3.63, 3.8) is 0 Å². The third kappa shape index (κ3) is 10.8. The Morgan fingerprint density at radius 2 is 1.06 bits per heavy atom. The fraction of sp³-hybridized carbons (Fsp3) is 0.447.